The Bertz CT molecular complexity index is 102. The van der Waals surface area contributed by atoms with Crippen LogP contribution in [0.2, 0.25) is 0 Å². The molecular formula is C7H13IO2. The molecule has 0 aliphatic rings. The fourth-order valence-electron chi connectivity index (χ4n) is 0.512. The summed E-state index contributed by atoms with van der Waals surface area (Å²) < 4.78 is 5.39. The van der Waals surface area contributed by atoms with Crippen LogP contribution >= 0.6 is 22.6 Å². The first kappa shape index (κ1) is 10.4. The van der Waals surface area contributed by atoms with Gasteiger partial charge in [0.25, 0.3) is 0 Å². The van der Waals surface area contributed by atoms with E-state index in [0.717, 1.165) is 0 Å². The van der Waals surface area contributed by atoms with Crippen LogP contribution in [0.15, 0.2) is 0 Å². The highest BCUT2D eigenvalue weighted by Gasteiger charge is 1.99. The lowest BCUT2D eigenvalue weighted by Crippen LogP contribution is -2.05. The zero-order valence-electron chi connectivity index (χ0n) is 6.39. The van der Waals surface area contributed by atoms with Crippen LogP contribution in [-0.2, 0) is 9.53 Å². The molecule has 10 heavy (non-hydrogen) atoms. The van der Waals surface area contributed by atoms with Gasteiger partial charge in [0.1, 0.15) is 9.89 Å². The summed E-state index contributed by atoms with van der Waals surface area (Å²) in [6, 6.07) is 0. The molecule has 1 unspecified atom stereocenters. The molecule has 0 aliphatic carbocycles. The van der Waals surface area contributed by atoms with E-state index in [1.165, 1.54) is 0 Å². The van der Waals surface area contributed by atoms with Gasteiger partial charge in [-0.25, -0.2) is 0 Å². The van der Waals surface area contributed by atoms with Crippen molar-refractivity contribution in [2.45, 2.75) is 30.8 Å². The van der Waals surface area contributed by atoms with Crippen LogP contribution in [-0.4, -0.2) is 16.5 Å². The van der Waals surface area contributed by atoms with Crippen molar-refractivity contribution >= 4 is 28.4 Å². The Labute approximate surface area is 75.5 Å². The minimum Gasteiger partial charge on any atom is -0.368 e. The van der Waals surface area contributed by atoms with Gasteiger partial charge in [-0.15, -0.1) is 0 Å². The molecule has 0 saturated heterocycles. The zero-order chi connectivity index (χ0) is 7.98. The van der Waals surface area contributed by atoms with Gasteiger partial charge in [-0.2, -0.15) is 0 Å². The lowest BCUT2D eigenvalue weighted by molar-refractivity contribution is -0.119. The molecule has 0 saturated carbocycles. The Balaban J connectivity index is 3.12. The number of ketones is 1. The molecule has 0 aromatic heterocycles. The Morgan fingerprint density at radius 1 is 1.70 bits per heavy atom. The third kappa shape index (κ3) is 6.48. The Kier molecular flexibility index (Phi) is 6.31. The van der Waals surface area contributed by atoms with Crippen molar-refractivity contribution in [1.82, 2.24) is 0 Å². The van der Waals surface area contributed by atoms with E-state index in [1.807, 2.05) is 13.8 Å². The summed E-state index contributed by atoms with van der Waals surface area (Å²) in [6.45, 7) is 4.39. The summed E-state index contributed by atoms with van der Waals surface area (Å²) in [5, 5.41) is 0. The monoisotopic (exact) mass is 256 g/mol. The number of hydrogen-bond acceptors (Lipinski definition) is 2. The van der Waals surface area contributed by atoms with E-state index in [2.05, 4.69) is 22.6 Å². The zero-order valence-corrected chi connectivity index (χ0v) is 8.55. The van der Waals surface area contributed by atoms with Gasteiger partial charge in [0.05, 0.1) is 6.61 Å². The molecule has 0 N–H and O–H groups in total. The highest BCUT2D eigenvalue weighted by atomic mass is 127. The summed E-state index contributed by atoms with van der Waals surface area (Å²) in [4.78, 5) is 10.7. The van der Waals surface area contributed by atoms with E-state index in [1.54, 1.807) is 0 Å². The standard InChI is InChI=1S/C7H13IO2/c1-3-7(9)4-5-10-6(2)8/h6H,3-5H2,1-2H3. The van der Waals surface area contributed by atoms with Crippen molar-refractivity contribution in [3.8, 4) is 0 Å². The van der Waals surface area contributed by atoms with Gasteiger partial charge in [-0.1, -0.05) is 29.5 Å². The number of hydrogen-bond donors (Lipinski definition) is 0. The number of carbonyl (C=O) groups excluding carboxylic acids is 1. The number of rotatable bonds is 5. The second kappa shape index (κ2) is 6.09. The quantitative estimate of drug-likeness (QED) is 0.556. The second-order valence-corrected chi connectivity index (χ2v) is 3.81. The molecule has 0 aliphatic heterocycles. The van der Waals surface area contributed by atoms with Crippen LogP contribution in [0, 0.1) is 0 Å². The topological polar surface area (TPSA) is 26.3 Å². The number of ether oxygens (including phenoxy) is 1. The van der Waals surface area contributed by atoms with Crippen LogP contribution in [0.4, 0.5) is 0 Å². The normalized spacial score (nSPS) is 13.1. The van der Waals surface area contributed by atoms with E-state index in [-0.39, 0.29) is 9.89 Å². The minimum atomic E-state index is 0.210. The lowest BCUT2D eigenvalue weighted by Gasteiger charge is -2.03. The SMILES string of the molecule is CCC(=O)CCOC(C)I. The van der Waals surface area contributed by atoms with Gasteiger partial charge in [-0.3, -0.25) is 4.79 Å². The van der Waals surface area contributed by atoms with Crippen molar-refractivity contribution in [1.29, 1.82) is 0 Å². The molecule has 0 heterocycles. The predicted molar refractivity (Wildman–Crippen MR) is 49.3 cm³/mol. The molecular weight excluding hydrogens is 243 g/mol. The van der Waals surface area contributed by atoms with E-state index in [9.17, 15) is 4.79 Å². The number of halogens is 1. The summed E-state index contributed by atoms with van der Waals surface area (Å²) in [5.41, 5.74) is 0. The van der Waals surface area contributed by atoms with Gasteiger partial charge in [-0.05, 0) is 6.92 Å². The molecule has 1 atom stereocenters. The summed E-state index contributed by atoms with van der Waals surface area (Å²) in [6.07, 6.45) is 1.18. The third-order valence-corrected chi connectivity index (χ3v) is 1.48. The average molecular weight is 256 g/mol. The second-order valence-electron chi connectivity index (χ2n) is 2.06. The van der Waals surface area contributed by atoms with E-state index in [0.29, 0.717) is 19.4 Å². The van der Waals surface area contributed by atoms with Crippen LogP contribution in [0.3, 0.4) is 0 Å². The highest BCUT2D eigenvalue weighted by Crippen LogP contribution is 2.01. The first-order valence-corrected chi connectivity index (χ1v) is 4.68. The molecule has 0 rings (SSSR count). The van der Waals surface area contributed by atoms with E-state index >= 15 is 0 Å². The lowest BCUT2D eigenvalue weighted by atomic mass is 10.2. The fourth-order valence-corrected chi connectivity index (χ4v) is 0.766. The molecule has 0 radical (unpaired) electrons. The smallest absolute Gasteiger partial charge is 0.134 e. The van der Waals surface area contributed by atoms with Gasteiger partial charge >= 0.3 is 0 Å². The maximum atomic E-state index is 10.7. The van der Waals surface area contributed by atoms with Gasteiger partial charge in [0.15, 0.2) is 0 Å². The maximum absolute atomic E-state index is 10.7. The number of alkyl halides is 1. The molecule has 0 aromatic carbocycles. The minimum absolute atomic E-state index is 0.210. The average Bonchev–Trinajstić information content (AvgIpc) is 1.87. The number of carbonyl (C=O) groups is 1. The van der Waals surface area contributed by atoms with Crippen molar-refractivity contribution < 1.29 is 9.53 Å². The maximum Gasteiger partial charge on any atom is 0.134 e. The Morgan fingerprint density at radius 3 is 2.70 bits per heavy atom. The molecule has 0 spiro atoms. The van der Waals surface area contributed by atoms with Crippen molar-refractivity contribution in [2.75, 3.05) is 6.61 Å². The summed E-state index contributed by atoms with van der Waals surface area (Å²) >= 11 is 2.17. The predicted octanol–water partition coefficient (Wildman–Crippen LogP) is 2.15. The van der Waals surface area contributed by atoms with E-state index in [4.69, 9.17) is 4.74 Å². The molecule has 60 valence electrons. The molecule has 0 aromatic rings. The summed E-state index contributed by atoms with van der Waals surface area (Å²) in [5.74, 6) is 0.275. The van der Waals surface area contributed by atoms with Gasteiger partial charge in [0.2, 0.25) is 0 Å². The first-order chi connectivity index (χ1) is 4.66. The fraction of sp³-hybridized carbons (Fsp3) is 0.857. The Hall–Kier alpha value is 0.360. The first-order valence-electron chi connectivity index (χ1n) is 3.44. The van der Waals surface area contributed by atoms with Crippen LogP contribution in [0.1, 0.15) is 26.7 Å². The number of Topliss-reactive ketones (excluding diaryl/α,β-unsaturated/α-hetero) is 1. The largest absolute Gasteiger partial charge is 0.368 e. The van der Waals surface area contributed by atoms with Crippen molar-refractivity contribution in [3.05, 3.63) is 0 Å². The Morgan fingerprint density at radius 2 is 2.30 bits per heavy atom. The molecule has 0 fully saturated rings. The van der Waals surface area contributed by atoms with Gasteiger partial charge < -0.3 is 4.74 Å². The van der Waals surface area contributed by atoms with Crippen molar-refractivity contribution in [3.63, 3.8) is 0 Å². The molecule has 2 nitrogen and oxygen atoms in total. The highest BCUT2D eigenvalue weighted by molar-refractivity contribution is 14.1. The molecule has 3 heteroatoms. The van der Waals surface area contributed by atoms with Crippen LogP contribution < -0.4 is 0 Å². The molecule has 0 amide bonds. The summed E-state index contributed by atoms with van der Waals surface area (Å²) in [7, 11) is 0. The van der Waals surface area contributed by atoms with Crippen molar-refractivity contribution in [2.24, 2.45) is 0 Å². The third-order valence-electron chi connectivity index (χ3n) is 1.12. The van der Waals surface area contributed by atoms with E-state index < -0.39 is 0 Å². The van der Waals surface area contributed by atoms with Crippen LogP contribution in [0.25, 0.3) is 0 Å². The van der Waals surface area contributed by atoms with Gasteiger partial charge in [0, 0.05) is 12.8 Å². The molecule has 0 bridgehead atoms. The van der Waals surface area contributed by atoms with Crippen LogP contribution in [0.5, 0.6) is 0 Å².